The normalized spacial score (nSPS) is 19.1. The van der Waals surface area contributed by atoms with Gasteiger partial charge in [-0.25, -0.2) is 18.0 Å². The second-order valence-corrected chi connectivity index (χ2v) is 9.13. The molecule has 1 fully saturated rings. The standard InChI is InChI=1S/C18H26N2O7S/c1-6-26-18(23)15-10(2)14(11(3)19-15)17(22)27-12(4)16(21)20(5)13-7-8-28(24,25)9-13/h12-13,19H,6-9H2,1-5H3/t12-,13-/m0/s1. The van der Waals surface area contributed by atoms with Gasteiger partial charge in [-0.1, -0.05) is 0 Å². The van der Waals surface area contributed by atoms with Gasteiger partial charge in [-0.05, 0) is 39.7 Å². The van der Waals surface area contributed by atoms with Crippen LogP contribution in [0.25, 0.3) is 0 Å². The Morgan fingerprint density at radius 2 is 1.89 bits per heavy atom. The molecule has 9 nitrogen and oxygen atoms in total. The van der Waals surface area contributed by atoms with Crippen LogP contribution >= 0.6 is 0 Å². The molecular formula is C18H26N2O7S. The van der Waals surface area contributed by atoms with Crippen LogP contribution in [0.1, 0.15) is 52.4 Å². The summed E-state index contributed by atoms with van der Waals surface area (Å²) in [6.07, 6.45) is -0.731. The van der Waals surface area contributed by atoms with Crippen molar-refractivity contribution < 1.29 is 32.3 Å². The third-order valence-electron chi connectivity index (χ3n) is 4.86. The summed E-state index contributed by atoms with van der Waals surface area (Å²) in [6.45, 7) is 6.52. The van der Waals surface area contributed by atoms with E-state index in [1.807, 2.05) is 0 Å². The van der Waals surface area contributed by atoms with E-state index in [4.69, 9.17) is 9.47 Å². The Morgan fingerprint density at radius 3 is 2.43 bits per heavy atom. The van der Waals surface area contributed by atoms with E-state index >= 15 is 0 Å². The van der Waals surface area contributed by atoms with E-state index in [1.54, 1.807) is 20.8 Å². The number of nitrogens with zero attached hydrogens (tertiary/aromatic N) is 1. The quantitative estimate of drug-likeness (QED) is 0.689. The van der Waals surface area contributed by atoms with Gasteiger partial charge in [0, 0.05) is 18.8 Å². The Labute approximate surface area is 164 Å². The van der Waals surface area contributed by atoms with E-state index in [0.717, 1.165) is 0 Å². The van der Waals surface area contributed by atoms with Crippen LogP contribution in [-0.2, 0) is 24.1 Å². The number of nitrogens with one attached hydrogen (secondary N) is 1. The molecule has 2 atom stereocenters. The molecule has 1 N–H and O–H groups in total. The Balaban J connectivity index is 2.10. The Bertz CT molecular complexity index is 888. The first-order chi connectivity index (χ1) is 13.0. The number of amides is 1. The molecule has 156 valence electrons. The predicted octanol–water partition coefficient (Wildman–Crippen LogP) is 0.999. The minimum Gasteiger partial charge on any atom is -0.461 e. The monoisotopic (exact) mass is 414 g/mol. The third-order valence-corrected chi connectivity index (χ3v) is 6.61. The zero-order chi connectivity index (χ0) is 21.2. The number of carbonyl (C=O) groups excluding carboxylic acids is 3. The summed E-state index contributed by atoms with van der Waals surface area (Å²) in [5, 5.41) is 0. The van der Waals surface area contributed by atoms with Crippen LogP contribution in [0.2, 0.25) is 0 Å². The van der Waals surface area contributed by atoms with Crippen molar-refractivity contribution in [3.63, 3.8) is 0 Å². The highest BCUT2D eigenvalue weighted by Gasteiger charge is 2.35. The van der Waals surface area contributed by atoms with Gasteiger partial charge >= 0.3 is 11.9 Å². The topological polar surface area (TPSA) is 123 Å². The van der Waals surface area contributed by atoms with Crippen molar-refractivity contribution in [1.29, 1.82) is 0 Å². The fraction of sp³-hybridized carbons (Fsp3) is 0.611. The fourth-order valence-electron chi connectivity index (χ4n) is 3.28. The first kappa shape index (κ1) is 21.9. The third kappa shape index (κ3) is 4.54. The summed E-state index contributed by atoms with van der Waals surface area (Å²) in [5.74, 6) is -1.84. The van der Waals surface area contributed by atoms with Gasteiger partial charge in [0.1, 0.15) is 5.69 Å². The molecule has 10 heteroatoms. The molecule has 0 aromatic carbocycles. The lowest BCUT2D eigenvalue weighted by molar-refractivity contribution is -0.140. The molecule has 0 spiro atoms. The predicted molar refractivity (Wildman–Crippen MR) is 101 cm³/mol. The van der Waals surface area contributed by atoms with Crippen molar-refractivity contribution in [2.75, 3.05) is 25.2 Å². The van der Waals surface area contributed by atoms with E-state index in [0.29, 0.717) is 17.7 Å². The number of H-pyrrole nitrogens is 1. The molecule has 1 aromatic heterocycles. The van der Waals surface area contributed by atoms with Crippen molar-refractivity contribution in [2.45, 2.75) is 46.3 Å². The lowest BCUT2D eigenvalue weighted by atomic mass is 10.1. The van der Waals surface area contributed by atoms with Gasteiger partial charge in [0.2, 0.25) is 0 Å². The van der Waals surface area contributed by atoms with E-state index in [9.17, 15) is 22.8 Å². The summed E-state index contributed by atoms with van der Waals surface area (Å²) >= 11 is 0. The maximum atomic E-state index is 12.6. The number of likely N-dealkylation sites (N-methyl/N-ethyl adjacent to an activating group) is 1. The summed E-state index contributed by atoms with van der Waals surface area (Å²) in [6, 6.07) is -0.426. The zero-order valence-electron chi connectivity index (χ0n) is 16.7. The van der Waals surface area contributed by atoms with E-state index in [2.05, 4.69) is 4.98 Å². The highest BCUT2D eigenvalue weighted by Crippen LogP contribution is 2.22. The molecule has 1 amide bonds. The highest BCUT2D eigenvalue weighted by molar-refractivity contribution is 7.91. The number of ether oxygens (including phenoxy) is 2. The number of sulfone groups is 1. The van der Waals surface area contributed by atoms with Crippen LogP contribution < -0.4 is 0 Å². The van der Waals surface area contributed by atoms with Crippen molar-refractivity contribution in [2.24, 2.45) is 0 Å². The van der Waals surface area contributed by atoms with Gasteiger partial charge in [0.25, 0.3) is 5.91 Å². The largest absolute Gasteiger partial charge is 0.461 e. The van der Waals surface area contributed by atoms with Crippen LogP contribution in [0.4, 0.5) is 0 Å². The number of aromatic amines is 1. The summed E-state index contributed by atoms with van der Waals surface area (Å²) < 4.78 is 33.5. The molecule has 2 rings (SSSR count). The van der Waals surface area contributed by atoms with Crippen LogP contribution in [0, 0.1) is 13.8 Å². The molecule has 0 radical (unpaired) electrons. The van der Waals surface area contributed by atoms with Gasteiger partial charge in [0.05, 0.1) is 23.7 Å². The van der Waals surface area contributed by atoms with Crippen LogP contribution in [0.3, 0.4) is 0 Å². The van der Waals surface area contributed by atoms with Crippen LogP contribution in [0.15, 0.2) is 0 Å². The number of rotatable bonds is 6. The molecule has 0 bridgehead atoms. The average molecular weight is 414 g/mol. The lowest BCUT2D eigenvalue weighted by Crippen LogP contribution is -2.44. The minimum atomic E-state index is -3.14. The number of aryl methyl sites for hydroxylation is 1. The summed E-state index contributed by atoms with van der Waals surface area (Å²) in [7, 11) is -1.63. The smallest absolute Gasteiger partial charge is 0.355 e. The van der Waals surface area contributed by atoms with E-state index < -0.39 is 39.8 Å². The number of hydrogen-bond donors (Lipinski definition) is 1. The SMILES string of the molecule is CCOC(=O)c1[nH]c(C)c(C(=O)O[C@@H](C)C(=O)N(C)[C@H]2CCS(=O)(=O)C2)c1C. The number of aromatic nitrogens is 1. The first-order valence-electron chi connectivity index (χ1n) is 9.02. The van der Waals surface area contributed by atoms with Crippen LogP contribution in [-0.4, -0.2) is 73.5 Å². The number of carbonyl (C=O) groups is 3. The Kier molecular flexibility index (Phi) is 6.53. The Morgan fingerprint density at radius 1 is 1.25 bits per heavy atom. The fourth-order valence-corrected chi connectivity index (χ4v) is 5.06. The molecule has 28 heavy (non-hydrogen) atoms. The van der Waals surface area contributed by atoms with Crippen molar-refractivity contribution in [3.05, 3.63) is 22.5 Å². The number of esters is 2. The molecule has 1 saturated heterocycles. The maximum absolute atomic E-state index is 12.6. The molecule has 0 unspecified atom stereocenters. The second-order valence-electron chi connectivity index (χ2n) is 6.90. The van der Waals surface area contributed by atoms with Gasteiger partial charge in [-0.2, -0.15) is 0 Å². The average Bonchev–Trinajstić information content (AvgIpc) is 3.12. The van der Waals surface area contributed by atoms with E-state index in [1.165, 1.54) is 18.9 Å². The molecule has 1 aliphatic rings. The molecule has 2 heterocycles. The second kappa shape index (κ2) is 8.34. The maximum Gasteiger partial charge on any atom is 0.355 e. The van der Waals surface area contributed by atoms with Crippen LogP contribution in [0.5, 0.6) is 0 Å². The van der Waals surface area contributed by atoms with Crippen molar-refractivity contribution >= 4 is 27.7 Å². The highest BCUT2D eigenvalue weighted by atomic mass is 32.2. The van der Waals surface area contributed by atoms with E-state index in [-0.39, 0.29) is 29.4 Å². The lowest BCUT2D eigenvalue weighted by Gasteiger charge is -2.26. The van der Waals surface area contributed by atoms with Crippen molar-refractivity contribution in [3.8, 4) is 0 Å². The van der Waals surface area contributed by atoms with Gasteiger partial charge in [-0.15, -0.1) is 0 Å². The zero-order valence-corrected chi connectivity index (χ0v) is 17.5. The van der Waals surface area contributed by atoms with Gasteiger partial charge in [0.15, 0.2) is 15.9 Å². The molecular weight excluding hydrogens is 388 g/mol. The van der Waals surface area contributed by atoms with Gasteiger partial charge < -0.3 is 19.4 Å². The van der Waals surface area contributed by atoms with Gasteiger partial charge in [-0.3, -0.25) is 4.79 Å². The molecule has 1 aliphatic heterocycles. The molecule has 1 aromatic rings. The summed E-state index contributed by atoms with van der Waals surface area (Å²) in [5.41, 5.74) is 1.16. The number of hydrogen-bond acceptors (Lipinski definition) is 7. The Hall–Kier alpha value is -2.36. The van der Waals surface area contributed by atoms with Crippen molar-refractivity contribution in [1.82, 2.24) is 9.88 Å². The molecule has 0 saturated carbocycles. The minimum absolute atomic E-state index is 0.0435. The first-order valence-corrected chi connectivity index (χ1v) is 10.8. The molecule has 0 aliphatic carbocycles. The summed E-state index contributed by atoms with van der Waals surface area (Å²) in [4.78, 5) is 41.2.